The van der Waals surface area contributed by atoms with Gasteiger partial charge in [-0.25, -0.2) is 0 Å². The van der Waals surface area contributed by atoms with Crippen LogP contribution in [0.2, 0.25) is 5.02 Å². The van der Waals surface area contributed by atoms with E-state index in [4.69, 9.17) is 11.6 Å². The van der Waals surface area contributed by atoms with Crippen LogP contribution in [-0.4, -0.2) is 41.1 Å². The van der Waals surface area contributed by atoms with E-state index in [1.165, 1.54) is 24.8 Å². The first-order valence-electron chi connectivity index (χ1n) is 11.5. The summed E-state index contributed by atoms with van der Waals surface area (Å²) in [5.74, 6) is -0.0821. The lowest BCUT2D eigenvalue weighted by Crippen LogP contribution is -2.54. The Morgan fingerprint density at radius 1 is 1.23 bits per heavy atom. The second kappa shape index (κ2) is 10.7. The lowest BCUT2D eigenvalue weighted by molar-refractivity contribution is -0.135. The van der Waals surface area contributed by atoms with Crippen LogP contribution in [0.4, 0.5) is 0 Å². The zero-order valence-corrected chi connectivity index (χ0v) is 19.5. The lowest BCUT2D eigenvalue weighted by atomic mass is 9.93. The molecule has 166 valence electrons. The molecule has 0 spiro atoms. The third kappa shape index (κ3) is 5.95. The number of carbonyl (C=O) groups is 2. The molecule has 0 aromatic heterocycles. The fourth-order valence-corrected chi connectivity index (χ4v) is 6.49. The molecule has 1 aromatic carbocycles. The summed E-state index contributed by atoms with van der Waals surface area (Å²) in [6.07, 6.45) is 14.4. The van der Waals surface area contributed by atoms with Crippen molar-refractivity contribution >= 4 is 41.3 Å². The van der Waals surface area contributed by atoms with Gasteiger partial charge in [-0.15, -0.1) is 11.8 Å². The van der Waals surface area contributed by atoms with Crippen LogP contribution in [-0.2, 0) is 9.59 Å². The monoisotopic (exact) mass is 458 g/mol. The van der Waals surface area contributed by atoms with Gasteiger partial charge in [-0.1, -0.05) is 48.2 Å². The molecule has 4 nitrogen and oxygen atoms in total. The molecule has 0 bridgehead atoms. The lowest BCUT2D eigenvalue weighted by Gasteiger charge is -2.43. The van der Waals surface area contributed by atoms with E-state index in [0.717, 1.165) is 44.1 Å². The van der Waals surface area contributed by atoms with Gasteiger partial charge in [-0.3, -0.25) is 9.59 Å². The van der Waals surface area contributed by atoms with Crippen LogP contribution in [0.1, 0.15) is 63.4 Å². The van der Waals surface area contributed by atoms with Crippen LogP contribution in [0, 0.1) is 0 Å². The van der Waals surface area contributed by atoms with Crippen molar-refractivity contribution in [3.63, 3.8) is 0 Å². The van der Waals surface area contributed by atoms with Gasteiger partial charge in [0, 0.05) is 22.9 Å². The molecule has 1 saturated heterocycles. The first kappa shape index (κ1) is 22.5. The summed E-state index contributed by atoms with van der Waals surface area (Å²) < 4.78 is 0. The fraction of sp³-hybridized carbons (Fsp3) is 0.520. The number of fused-ring (bicyclic) bond motifs is 1. The summed E-state index contributed by atoms with van der Waals surface area (Å²) in [6, 6.07) is 7.69. The van der Waals surface area contributed by atoms with Crippen LogP contribution in [0.5, 0.6) is 0 Å². The number of benzene rings is 1. The topological polar surface area (TPSA) is 49.4 Å². The second-order valence-corrected chi connectivity index (χ2v) is 10.4. The third-order valence-corrected chi connectivity index (χ3v) is 8.07. The van der Waals surface area contributed by atoms with Crippen molar-refractivity contribution in [2.24, 2.45) is 0 Å². The Hall–Kier alpha value is -1.72. The predicted molar refractivity (Wildman–Crippen MR) is 129 cm³/mol. The summed E-state index contributed by atoms with van der Waals surface area (Å²) in [5.41, 5.74) is 2.37. The Kier molecular flexibility index (Phi) is 7.78. The van der Waals surface area contributed by atoms with Gasteiger partial charge in [0.25, 0.3) is 5.91 Å². The molecule has 1 N–H and O–H groups in total. The highest BCUT2D eigenvalue weighted by Crippen LogP contribution is 2.42. The molecular weight excluding hydrogens is 428 g/mol. The van der Waals surface area contributed by atoms with E-state index in [9.17, 15) is 9.59 Å². The van der Waals surface area contributed by atoms with Crippen molar-refractivity contribution in [2.75, 3.05) is 13.1 Å². The minimum absolute atomic E-state index is 0.0294. The highest BCUT2D eigenvalue weighted by atomic mass is 35.5. The Balaban J connectivity index is 1.42. The first-order valence-corrected chi connectivity index (χ1v) is 12.8. The van der Waals surface area contributed by atoms with Crippen LogP contribution in [0.25, 0.3) is 6.08 Å². The summed E-state index contributed by atoms with van der Waals surface area (Å²) in [6.45, 7) is 0.799. The fourth-order valence-electron chi connectivity index (χ4n) is 4.81. The van der Waals surface area contributed by atoms with E-state index < -0.39 is 0 Å². The van der Waals surface area contributed by atoms with Crippen molar-refractivity contribution < 1.29 is 9.59 Å². The number of nitrogens with one attached hydrogen (secondary N) is 1. The number of allylic oxidation sites excluding steroid dienone is 1. The minimum atomic E-state index is -0.0527. The molecule has 1 aliphatic heterocycles. The van der Waals surface area contributed by atoms with Crippen molar-refractivity contribution in [2.45, 2.75) is 69.1 Å². The van der Waals surface area contributed by atoms with E-state index in [0.29, 0.717) is 21.7 Å². The van der Waals surface area contributed by atoms with Crippen LogP contribution in [0.15, 0.2) is 40.8 Å². The molecule has 1 saturated carbocycles. The van der Waals surface area contributed by atoms with Crippen molar-refractivity contribution in [1.29, 1.82) is 0 Å². The molecule has 2 amide bonds. The Bertz CT molecular complexity index is 882. The van der Waals surface area contributed by atoms with Crippen LogP contribution < -0.4 is 5.32 Å². The highest BCUT2D eigenvalue weighted by Gasteiger charge is 2.41. The number of hydrogen-bond acceptors (Lipinski definition) is 3. The van der Waals surface area contributed by atoms with Gasteiger partial charge in [-0.2, -0.15) is 0 Å². The minimum Gasteiger partial charge on any atom is -0.354 e. The molecule has 4 rings (SSSR count). The molecule has 6 heteroatoms. The molecule has 1 aromatic rings. The molecule has 3 aliphatic rings. The van der Waals surface area contributed by atoms with Gasteiger partial charge < -0.3 is 10.2 Å². The van der Waals surface area contributed by atoms with Gasteiger partial charge in [-0.05, 0) is 68.7 Å². The molecule has 2 aliphatic carbocycles. The molecule has 2 fully saturated rings. The van der Waals surface area contributed by atoms with Crippen LogP contribution in [0.3, 0.4) is 0 Å². The smallest absolute Gasteiger partial charge is 0.261 e. The average molecular weight is 459 g/mol. The number of carbonyl (C=O) groups excluding carboxylic acids is 2. The van der Waals surface area contributed by atoms with Gasteiger partial charge >= 0.3 is 0 Å². The third-order valence-electron chi connectivity index (χ3n) is 6.43. The SMILES string of the molecule is O=C(CN1C(=O)/C(=C\c2cccc(Cl)c2)SC2CCCCC21)NCCC1=CCCCC1. The summed E-state index contributed by atoms with van der Waals surface area (Å²) in [5, 5.41) is 4.06. The normalized spacial score (nSPS) is 25.2. The standard InChI is InChI=1S/C25H31ClN2O2S/c26-20-10-6-9-19(15-20)16-23-25(30)28(21-11-4-5-12-22(21)31-23)17-24(29)27-14-13-18-7-2-1-3-8-18/h6-7,9-10,15-16,21-22H,1-5,8,11-14,17H2,(H,27,29)/b23-16+. The van der Waals surface area contributed by atoms with Crippen molar-refractivity contribution in [1.82, 2.24) is 10.2 Å². The van der Waals surface area contributed by atoms with E-state index >= 15 is 0 Å². The first-order chi connectivity index (χ1) is 15.1. The summed E-state index contributed by atoms with van der Waals surface area (Å²) >= 11 is 7.80. The number of nitrogens with zero attached hydrogens (tertiary/aromatic N) is 1. The average Bonchev–Trinajstić information content (AvgIpc) is 2.77. The summed E-state index contributed by atoms with van der Waals surface area (Å²) in [7, 11) is 0. The predicted octanol–water partition coefficient (Wildman–Crippen LogP) is 5.57. The number of halogens is 1. The maximum atomic E-state index is 13.3. The zero-order chi connectivity index (χ0) is 21.6. The van der Waals surface area contributed by atoms with Gasteiger partial charge in [0.05, 0.1) is 4.91 Å². The molecule has 31 heavy (non-hydrogen) atoms. The Morgan fingerprint density at radius 2 is 2.10 bits per heavy atom. The quantitative estimate of drug-likeness (QED) is 0.447. The van der Waals surface area contributed by atoms with Gasteiger partial charge in [0.15, 0.2) is 0 Å². The number of rotatable bonds is 6. The van der Waals surface area contributed by atoms with Crippen molar-refractivity contribution in [3.05, 3.63) is 51.4 Å². The molecule has 2 unspecified atom stereocenters. The number of amides is 2. The largest absolute Gasteiger partial charge is 0.354 e. The number of thioether (sulfide) groups is 1. The van der Waals surface area contributed by atoms with Crippen molar-refractivity contribution in [3.8, 4) is 0 Å². The Morgan fingerprint density at radius 3 is 2.90 bits per heavy atom. The van der Waals surface area contributed by atoms with E-state index in [1.807, 2.05) is 35.2 Å². The highest BCUT2D eigenvalue weighted by molar-refractivity contribution is 8.04. The zero-order valence-electron chi connectivity index (χ0n) is 17.9. The van der Waals surface area contributed by atoms with E-state index in [1.54, 1.807) is 11.8 Å². The molecule has 1 heterocycles. The maximum Gasteiger partial charge on any atom is 0.261 e. The molecule has 0 radical (unpaired) electrons. The second-order valence-electron chi connectivity index (χ2n) is 8.71. The summed E-state index contributed by atoms with van der Waals surface area (Å²) in [4.78, 5) is 28.6. The van der Waals surface area contributed by atoms with Crippen LogP contribution >= 0.6 is 23.4 Å². The Labute approximate surface area is 194 Å². The van der Waals surface area contributed by atoms with E-state index in [2.05, 4.69) is 11.4 Å². The molecule has 2 atom stereocenters. The van der Waals surface area contributed by atoms with Gasteiger partial charge in [0.1, 0.15) is 6.54 Å². The molecular formula is C25H31ClN2O2S. The maximum absolute atomic E-state index is 13.3. The van der Waals surface area contributed by atoms with Gasteiger partial charge in [0.2, 0.25) is 5.91 Å². The van der Waals surface area contributed by atoms with E-state index in [-0.39, 0.29) is 24.4 Å². The number of hydrogen-bond donors (Lipinski definition) is 1.